The van der Waals surface area contributed by atoms with Crippen molar-refractivity contribution in [2.75, 3.05) is 28.3 Å². The van der Waals surface area contributed by atoms with Gasteiger partial charge in [0.05, 0.1) is 29.4 Å². The Morgan fingerprint density at radius 2 is 2.16 bits per heavy atom. The summed E-state index contributed by atoms with van der Waals surface area (Å²) in [7, 11) is -2.96. The van der Waals surface area contributed by atoms with Gasteiger partial charge < -0.3 is 10.2 Å². The second kappa shape index (κ2) is 4.49. The summed E-state index contributed by atoms with van der Waals surface area (Å²) >= 11 is 3.41. The molecular weight excluding hydrogens is 332 g/mol. The van der Waals surface area contributed by atoms with Crippen molar-refractivity contribution < 1.29 is 13.2 Å². The van der Waals surface area contributed by atoms with Gasteiger partial charge in [-0.05, 0) is 24.6 Å². The number of rotatable bonds is 1. The molecule has 0 aromatic heterocycles. The van der Waals surface area contributed by atoms with Gasteiger partial charge in [-0.3, -0.25) is 4.79 Å². The SMILES string of the molecule is O=C1CN(C2CCS(=O)(=O)C2)c2cc(Br)ccc2N1. The molecule has 1 N–H and O–H groups in total. The molecule has 0 aliphatic carbocycles. The maximum atomic E-state index is 11.7. The highest BCUT2D eigenvalue weighted by Gasteiger charge is 2.35. The van der Waals surface area contributed by atoms with E-state index in [2.05, 4.69) is 21.2 Å². The van der Waals surface area contributed by atoms with Crippen LogP contribution in [0.2, 0.25) is 0 Å². The van der Waals surface area contributed by atoms with Crippen LogP contribution in [0.3, 0.4) is 0 Å². The lowest BCUT2D eigenvalue weighted by Crippen LogP contribution is -2.45. The van der Waals surface area contributed by atoms with E-state index in [1.54, 1.807) is 0 Å². The molecule has 2 aliphatic heterocycles. The van der Waals surface area contributed by atoms with Gasteiger partial charge in [-0.15, -0.1) is 0 Å². The molecule has 1 atom stereocenters. The fraction of sp³-hybridized carbons (Fsp3) is 0.417. The summed E-state index contributed by atoms with van der Waals surface area (Å²) in [5.41, 5.74) is 1.62. The first kappa shape index (κ1) is 12.9. The molecule has 102 valence electrons. The maximum Gasteiger partial charge on any atom is 0.243 e. The third kappa shape index (κ3) is 2.49. The van der Waals surface area contributed by atoms with E-state index in [-0.39, 0.29) is 30.0 Å². The molecule has 1 aromatic rings. The van der Waals surface area contributed by atoms with Gasteiger partial charge in [-0.25, -0.2) is 8.42 Å². The Hall–Kier alpha value is -1.08. The molecule has 1 aromatic carbocycles. The van der Waals surface area contributed by atoms with Crippen molar-refractivity contribution in [3.05, 3.63) is 22.7 Å². The summed E-state index contributed by atoms with van der Waals surface area (Å²) in [5, 5.41) is 2.81. The van der Waals surface area contributed by atoms with Gasteiger partial charge in [0.2, 0.25) is 5.91 Å². The number of halogens is 1. The van der Waals surface area contributed by atoms with Crippen molar-refractivity contribution in [3.8, 4) is 0 Å². The smallest absolute Gasteiger partial charge is 0.243 e. The Balaban J connectivity index is 1.99. The number of nitrogens with zero attached hydrogens (tertiary/aromatic N) is 1. The van der Waals surface area contributed by atoms with E-state index in [1.807, 2.05) is 23.1 Å². The minimum absolute atomic E-state index is 0.0980. The van der Waals surface area contributed by atoms with Crippen LogP contribution in [0.4, 0.5) is 11.4 Å². The molecule has 0 spiro atoms. The molecule has 5 nitrogen and oxygen atoms in total. The first-order valence-corrected chi connectivity index (χ1v) is 8.62. The van der Waals surface area contributed by atoms with E-state index >= 15 is 0 Å². The van der Waals surface area contributed by atoms with Gasteiger partial charge in [0.15, 0.2) is 9.84 Å². The lowest BCUT2D eigenvalue weighted by Gasteiger charge is -2.35. The van der Waals surface area contributed by atoms with Crippen LogP contribution < -0.4 is 10.2 Å². The quantitative estimate of drug-likeness (QED) is 0.836. The minimum Gasteiger partial charge on any atom is -0.356 e. The fourth-order valence-corrected chi connectivity index (χ4v) is 4.70. The molecule has 2 aliphatic rings. The van der Waals surface area contributed by atoms with Crippen LogP contribution in [0.1, 0.15) is 6.42 Å². The van der Waals surface area contributed by atoms with Crippen LogP contribution in [0, 0.1) is 0 Å². The molecule has 1 saturated heterocycles. The number of fused-ring (bicyclic) bond motifs is 1. The zero-order valence-electron chi connectivity index (χ0n) is 10.1. The average molecular weight is 345 g/mol. The molecule has 1 amide bonds. The predicted molar refractivity (Wildman–Crippen MR) is 77.2 cm³/mol. The van der Waals surface area contributed by atoms with Gasteiger partial charge in [-0.1, -0.05) is 15.9 Å². The summed E-state index contributed by atoms with van der Waals surface area (Å²) in [5.74, 6) is 0.241. The normalized spacial score (nSPS) is 25.0. The fourth-order valence-electron chi connectivity index (χ4n) is 2.62. The van der Waals surface area contributed by atoms with Crippen LogP contribution in [-0.2, 0) is 14.6 Å². The van der Waals surface area contributed by atoms with Gasteiger partial charge in [-0.2, -0.15) is 0 Å². The summed E-state index contributed by atoms with van der Waals surface area (Å²) in [6, 6.07) is 5.49. The van der Waals surface area contributed by atoms with Crippen molar-refractivity contribution >= 4 is 43.0 Å². The Morgan fingerprint density at radius 1 is 1.37 bits per heavy atom. The maximum absolute atomic E-state index is 11.7. The molecule has 19 heavy (non-hydrogen) atoms. The van der Waals surface area contributed by atoms with Crippen molar-refractivity contribution in [2.45, 2.75) is 12.5 Å². The number of nitrogens with one attached hydrogen (secondary N) is 1. The number of carbonyl (C=O) groups is 1. The molecule has 1 unspecified atom stereocenters. The van der Waals surface area contributed by atoms with Gasteiger partial charge in [0.1, 0.15) is 0 Å². The highest BCUT2D eigenvalue weighted by Crippen LogP contribution is 2.35. The van der Waals surface area contributed by atoms with Crippen LogP contribution in [0.15, 0.2) is 22.7 Å². The zero-order chi connectivity index (χ0) is 13.6. The van der Waals surface area contributed by atoms with Gasteiger partial charge >= 0.3 is 0 Å². The Morgan fingerprint density at radius 3 is 2.84 bits per heavy atom. The number of anilines is 2. The summed E-state index contributed by atoms with van der Waals surface area (Å²) in [6.45, 7) is 0.212. The van der Waals surface area contributed by atoms with E-state index < -0.39 is 9.84 Å². The van der Waals surface area contributed by atoms with Gasteiger partial charge in [0, 0.05) is 10.5 Å². The van der Waals surface area contributed by atoms with Crippen LogP contribution in [-0.4, -0.2) is 38.4 Å². The number of amides is 1. The summed E-state index contributed by atoms with van der Waals surface area (Å²) in [4.78, 5) is 13.6. The van der Waals surface area contributed by atoms with Crippen molar-refractivity contribution in [2.24, 2.45) is 0 Å². The lowest BCUT2D eigenvalue weighted by atomic mass is 10.1. The average Bonchev–Trinajstić information content (AvgIpc) is 2.69. The topological polar surface area (TPSA) is 66.5 Å². The van der Waals surface area contributed by atoms with Gasteiger partial charge in [0.25, 0.3) is 0 Å². The number of hydrogen-bond acceptors (Lipinski definition) is 4. The second-order valence-corrected chi connectivity index (χ2v) is 8.04. The molecule has 1 fully saturated rings. The molecule has 0 radical (unpaired) electrons. The molecular formula is C12H13BrN2O3S. The van der Waals surface area contributed by atoms with Crippen LogP contribution in [0.5, 0.6) is 0 Å². The van der Waals surface area contributed by atoms with Crippen molar-refractivity contribution in [3.63, 3.8) is 0 Å². The molecule has 0 bridgehead atoms. The lowest BCUT2D eigenvalue weighted by molar-refractivity contribution is -0.115. The van der Waals surface area contributed by atoms with E-state index in [0.717, 1.165) is 15.8 Å². The largest absolute Gasteiger partial charge is 0.356 e. The third-order valence-electron chi connectivity index (χ3n) is 3.51. The van der Waals surface area contributed by atoms with Crippen molar-refractivity contribution in [1.82, 2.24) is 0 Å². The molecule has 7 heteroatoms. The first-order valence-electron chi connectivity index (χ1n) is 6.01. The predicted octanol–water partition coefficient (Wildman–Crippen LogP) is 1.39. The second-order valence-electron chi connectivity index (χ2n) is 4.89. The standard InChI is InChI=1S/C12H13BrN2O3S/c13-8-1-2-10-11(5-8)15(6-12(16)14-10)9-3-4-19(17,18)7-9/h1-2,5,9H,3-4,6-7H2,(H,14,16). The van der Waals surface area contributed by atoms with E-state index in [9.17, 15) is 13.2 Å². The van der Waals surface area contributed by atoms with E-state index in [4.69, 9.17) is 0 Å². The number of carbonyl (C=O) groups excluding carboxylic acids is 1. The highest BCUT2D eigenvalue weighted by atomic mass is 79.9. The third-order valence-corrected chi connectivity index (χ3v) is 5.75. The van der Waals surface area contributed by atoms with Crippen LogP contribution in [0.25, 0.3) is 0 Å². The number of hydrogen-bond donors (Lipinski definition) is 1. The van der Waals surface area contributed by atoms with Crippen LogP contribution >= 0.6 is 15.9 Å². The Labute approximate surface area is 120 Å². The molecule has 2 heterocycles. The van der Waals surface area contributed by atoms with E-state index in [0.29, 0.717) is 6.42 Å². The minimum atomic E-state index is -2.96. The summed E-state index contributed by atoms with van der Waals surface area (Å²) in [6.07, 6.45) is 0.585. The summed E-state index contributed by atoms with van der Waals surface area (Å²) < 4.78 is 24.1. The molecule has 3 rings (SSSR count). The monoisotopic (exact) mass is 344 g/mol. The zero-order valence-corrected chi connectivity index (χ0v) is 12.5. The Kier molecular flexibility index (Phi) is 3.05. The molecule has 0 saturated carbocycles. The number of sulfone groups is 1. The number of benzene rings is 1. The first-order chi connectivity index (χ1) is 8.94. The Bertz CT molecular complexity index is 644. The highest BCUT2D eigenvalue weighted by molar-refractivity contribution is 9.10. The van der Waals surface area contributed by atoms with E-state index in [1.165, 1.54) is 0 Å². The van der Waals surface area contributed by atoms with Crippen molar-refractivity contribution in [1.29, 1.82) is 0 Å².